The van der Waals surface area contributed by atoms with E-state index >= 15 is 0 Å². The number of hydrogen-bond donors (Lipinski definition) is 3. The average molecular weight is 286 g/mol. The molecule has 6 heteroatoms. The van der Waals surface area contributed by atoms with Crippen molar-refractivity contribution in [2.45, 2.75) is 57.0 Å². The zero-order valence-electron chi connectivity index (χ0n) is 12.1. The highest BCUT2D eigenvalue weighted by molar-refractivity contribution is 5.86. The summed E-state index contributed by atoms with van der Waals surface area (Å²) in [7, 11) is 1.59. The van der Waals surface area contributed by atoms with Gasteiger partial charge in [0.2, 0.25) is 5.91 Å². The number of aliphatic carboxylic acids is 1. The van der Waals surface area contributed by atoms with Crippen molar-refractivity contribution in [3.63, 3.8) is 0 Å². The minimum Gasteiger partial charge on any atom is -0.480 e. The van der Waals surface area contributed by atoms with Crippen molar-refractivity contribution in [1.82, 2.24) is 5.32 Å². The number of carbonyl (C=O) groups is 2. The minimum atomic E-state index is -0.964. The summed E-state index contributed by atoms with van der Waals surface area (Å²) in [5.74, 6) is -1.32. The number of hydrogen-bond acceptors (Lipinski definition) is 4. The molecule has 0 spiro atoms. The van der Waals surface area contributed by atoms with E-state index in [1.807, 2.05) is 0 Å². The fourth-order valence-electron chi connectivity index (χ4n) is 2.69. The van der Waals surface area contributed by atoms with E-state index in [1.54, 1.807) is 7.11 Å². The highest BCUT2D eigenvalue weighted by atomic mass is 16.5. The summed E-state index contributed by atoms with van der Waals surface area (Å²) in [5, 5.41) is 11.9. The molecule has 116 valence electrons. The van der Waals surface area contributed by atoms with E-state index in [0.29, 0.717) is 19.4 Å². The SMILES string of the molecule is COCCCC(N)C(=O)NC(C(=O)O)C1CCCCC1. The van der Waals surface area contributed by atoms with Crippen LogP contribution in [0.2, 0.25) is 0 Å². The monoisotopic (exact) mass is 286 g/mol. The Balaban J connectivity index is 2.47. The number of carboxylic acid groups (broad SMARTS) is 1. The number of nitrogens with one attached hydrogen (secondary N) is 1. The van der Waals surface area contributed by atoms with Gasteiger partial charge in [-0.15, -0.1) is 0 Å². The highest BCUT2D eigenvalue weighted by Gasteiger charge is 2.31. The van der Waals surface area contributed by atoms with Gasteiger partial charge in [0.25, 0.3) is 0 Å². The quantitative estimate of drug-likeness (QED) is 0.575. The molecule has 1 aliphatic rings. The molecular weight excluding hydrogens is 260 g/mol. The molecule has 1 rings (SSSR count). The van der Waals surface area contributed by atoms with Crippen molar-refractivity contribution < 1.29 is 19.4 Å². The first kappa shape index (κ1) is 16.9. The third-order valence-corrected chi connectivity index (χ3v) is 3.89. The molecule has 0 aliphatic heterocycles. The van der Waals surface area contributed by atoms with Gasteiger partial charge in [-0.1, -0.05) is 19.3 Å². The number of rotatable bonds is 8. The van der Waals surface area contributed by atoms with Crippen LogP contribution >= 0.6 is 0 Å². The molecule has 1 amide bonds. The molecule has 0 saturated heterocycles. The fourth-order valence-corrected chi connectivity index (χ4v) is 2.69. The molecule has 2 atom stereocenters. The first-order valence-electron chi connectivity index (χ1n) is 7.34. The Morgan fingerprint density at radius 3 is 2.55 bits per heavy atom. The van der Waals surface area contributed by atoms with Crippen LogP contribution < -0.4 is 11.1 Å². The van der Waals surface area contributed by atoms with Crippen LogP contribution in [0.1, 0.15) is 44.9 Å². The largest absolute Gasteiger partial charge is 0.480 e. The maximum atomic E-state index is 12.0. The maximum Gasteiger partial charge on any atom is 0.326 e. The van der Waals surface area contributed by atoms with Crippen LogP contribution in [0.4, 0.5) is 0 Å². The third kappa shape index (κ3) is 5.46. The van der Waals surface area contributed by atoms with Crippen LogP contribution in [0, 0.1) is 5.92 Å². The van der Waals surface area contributed by atoms with Gasteiger partial charge >= 0.3 is 5.97 Å². The summed E-state index contributed by atoms with van der Waals surface area (Å²) in [6.45, 7) is 0.548. The molecule has 2 unspecified atom stereocenters. The molecule has 0 heterocycles. The number of amides is 1. The number of nitrogens with two attached hydrogens (primary N) is 1. The Kier molecular flexibility index (Phi) is 7.54. The van der Waals surface area contributed by atoms with Crippen LogP contribution in [0.15, 0.2) is 0 Å². The Morgan fingerprint density at radius 1 is 1.35 bits per heavy atom. The molecular formula is C14H26N2O4. The van der Waals surface area contributed by atoms with E-state index in [2.05, 4.69) is 5.32 Å². The third-order valence-electron chi connectivity index (χ3n) is 3.89. The zero-order valence-corrected chi connectivity index (χ0v) is 12.1. The van der Waals surface area contributed by atoms with Crippen LogP contribution in [0.5, 0.6) is 0 Å². The molecule has 0 radical (unpaired) electrons. The number of carbonyl (C=O) groups excluding carboxylic acids is 1. The molecule has 20 heavy (non-hydrogen) atoms. The lowest BCUT2D eigenvalue weighted by molar-refractivity contribution is -0.144. The van der Waals surface area contributed by atoms with E-state index in [4.69, 9.17) is 10.5 Å². The summed E-state index contributed by atoms with van der Waals surface area (Å²) in [5.41, 5.74) is 5.78. The summed E-state index contributed by atoms with van der Waals surface area (Å²) in [6, 6.07) is -1.48. The average Bonchev–Trinajstić information content (AvgIpc) is 2.45. The van der Waals surface area contributed by atoms with Gasteiger partial charge in [-0.3, -0.25) is 4.79 Å². The van der Waals surface area contributed by atoms with E-state index < -0.39 is 18.1 Å². The Bertz CT molecular complexity index is 316. The second kappa shape index (κ2) is 8.92. The molecule has 1 fully saturated rings. The van der Waals surface area contributed by atoms with Crippen molar-refractivity contribution in [2.75, 3.05) is 13.7 Å². The molecule has 1 saturated carbocycles. The van der Waals surface area contributed by atoms with Gasteiger partial charge in [0.15, 0.2) is 0 Å². The summed E-state index contributed by atoms with van der Waals surface area (Å²) >= 11 is 0. The van der Waals surface area contributed by atoms with Crippen LogP contribution in [0.3, 0.4) is 0 Å². The van der Waals surface area contributed by atoms with Gasteiger partial charge in [0.05, 0.1) is 6.04 Å². The summed E-state index contributed by atoms with van der Waals surface area (Å²) in [6.07, 6.45) is 6.11. The first-order valence-corrected chi connectivity index (χ1v) is 7.34. The molecule has 0 aromatic rings. The fraction of sp³-hybridized carbons (Fsp3) is 0.857. The molecule has 0 aromatic carbocycles. The summed E-state index contributed by atoms with van der Waals surface area (Å²) in [4.78, 5) is 23.3. The Hall–Kier alpha value is -1.14. The van der Waals surface area contributed by atoms with Crippen LogP contribution in [-0.2, 0) is 14.3 Å². The van der Waals surface area contributed by atoms with Crippen LogP contribution in [-0.4, -0.2) is 42.8 Å². The maximum absolute atomic E-state index is 12.0. The molecule has 1 aliphatic carbocycles. The summed E-state index contributed by atoms with van der Waals surface area (Å²) < 4.78 is 4.91. The standard InChI is InChI=1S/C14H26N2O4/c1-20-9-5-8-11(15)13(17)16-12(14(18)19)10-6-3-2-4-7-10/h10-12H,2-9,15H2,1H3,(H,16,17)(H,18,19). The molecule has 6 nitrogen and oxygen atoms in total. The molecule has 0 bridgehead atoms. The topological polar surface area (TPSA) is 102 Å². The number of methoxy groups -OCH3 is 1. The lowest BCUT2D eigenvalue weighted by Gasteiger charge is -2.28. The van der Waals surface area contributed by atoms with Crippen molar-refractivity contribution in [3.8, 4) is 0 Å². The van der Waals surface area contributed by atoms with Gasteiger partial charge in [-0.05, 0) is 31.6 Å². The van der Waals surface area contributed by atoms with Gasteiger partial charge in [-0.2, -0.15) is 0 Å². The minimum absolute atomic E-state index is 0.0244. The molecule has 0 aromatic heterocycles. The number of carboxylic acids is 1. The van der Waals surface area contributed by atoms with E-state index in [0.717, 1.165) is 32.1 Å². The number of ether oxygens (including phenoxy) is 1. The smallest absolute Gasteiger partial charge is 0.326 e. The van der Waals surface area contributed by atoms with Gasteiger partial charge in [-0.25, -0.2) is 4.79 Å². The second-order valence-electron chi connectivity index (χ2n) is 5.46. The predicted molar refractivity (Wildman–Crippen MR) is 75.2 cm³/mol. The Morgan fingerprint density at radius 2 is 2.00 bits per heavy atom. The van der Waals surface area contributed by atoms with Crippen molar-refractivity contribution in [3.05, 3.63) is 0 Å². The van der Waals surface area contributed by atoms with E-state index in [-0.39, 0.29) is 11.8 Å². The lowest BCUT2D eigenvalue weighted by atomic mass is 9.83. The predicted octanol–water partition coefficient (Wildman–Crippen LogP) is 0.890. The van der Waals surface area contributed by atoms with Crippen molar-refractivity contribution in [2.24, 2.45) is 11.7 Å². The van der Waals surface area contributed by atoms with E-state index in [9.17, 15) is 14.7 Å². The van der Waals surface area contributed by atoms with Gasteiger partial charge in [0.1, 0.15) is 6.04 Å². The normalized spacial score (nSPS) is 19.3. The highest BCUT2D eigenvalue weighted by Crippen LogP contribution is 2.26. The van der Waals surface area contributed by atoms with Crippen molar-refractivity contribution >= 4 is 11.9 Å². The van der Waals surface area contributed by atoms with Gasteiger partial charge in [0, 0.05) is 13.7 Å². The van der Waals surface area contributed by atoms with Crippen molar-refractivity contribution in [1.29, 1.82) is 0 Å². The Labute approximate surface area is 120 Å². The first-order chi connectivity index (χ1) is 9.56. The second-order valence-corrected chi connectivity index (χ2v) is 5.46. The van der Waals surface area contributed by atoms with Gasteiger partial charge < -0.3 is 20.9 Å². The lowest BCUT2D eigenvalue weighted by Crippen LogP contribution is -2.51. The molecule has 4 N–H and O–H groups in total. The van der Waals surface area contributed by atoms with Crippen LogP contribution in [0.25, 0.3) is 0 Å². The zero-order chi connectivity index (χ0) is 15.0. The van der Waals surface area contributed by atoms with E-state index in [1.165, 1.54) is 0 Å².